The van der Waals surface area contributed by atoms with Crippen LogP contribution in [-0.2, 0) is 16.0 Å². The van der Waals surface area contributed by atoms with Crippen molar-refractivity contribution in [2.45, 2.75) is 26.2 Å². The first-order valence-corrected chi connectivity index (χ1v) is 7.75. The molecular formula is C15H15NO4S. The van der Waals surface area contributed by atoms with E-state index < -0.39 is 5.97 Å². The van der Waals surface area contributed by atoms with Gasteiger partial charge in [-0.3, -0.25) is 9.59 Å². The van der Waals surface area contributed by atoms with Crippen molar-refractivity contribution in [2.75, 3.05) is 4.90 Å². The number of allylic oxidation sites excluding steroid dienone is 2. The molecule has 2 amide bonds. The molecule has 0 aromatic carbocycles. The van der Waals surface area contributed by atoms with Gasteiger partial charge in [0.1, 0.15) is 5.00 Å². The predicted molar refractivity (Wildman–Crippen MR) is 78.5 cm³/mol. The van der Waals surface area contributed by atoms with Gasteiger partial charge in [0.05, 0.1) is 17.4 Å². The fourth-order valence-electron chi connectivity index (χ4n) is 2.93. The standard InChI is InChI=1S/C15H15NO4S/c1-2-8-7-11(15(19)20)14(21-8)16-12(17)9-5-3-4-6-10(9)13(16)18/h3-4,7,9-10H,2,5-6H2,1H3,(H,19,20)/t9-,10+. The molecule has 2 atom stereocenters. The van der Waals surface area contributed by atoms with Crippen molar-refractivity contribution in [1.82, 2.24) is 0 Å². The molecule has 1 fully saturated rings. The van der Waals surface area contributed by atoms with Crippen LogP contribution in [0, 0.1) is 11.8 Å². The molecule has 1 aromatic rings. The number of anilines is 1. The molecule has 0 radical (unpaired) electrons. The van der Waals surface area contributed by atoms with Crippen molar-refractivity contribution in [3.63, 3.8) is 0 Å². The summed E-state index contributed by atoms with van der Waals surface area (Å²) in [5, 5.41) is 9.58. The number of thiophene rings is 1. The fourth-order valence-corrected chi connectivity index (χ4v) is 4.02. The third-order valence-corrected chi connectivity index (χ3v) is 5.32. The zero-order valence-corrected chi connectivity index (χ0v) is 12.4. The van der Waals surface area contributed by atoms with E-state index in [1.807, 2.05) is 19.1 Å². The third kappa shape index (κ3) is 2.10. The molecule has 1 saturated heterocycles. The van der Waals surface area contributed by atoms with Crippen LogP contribution in [0.5, 0.6) is 0 Å². The Hall–Kier alpha value is -1.95. The monoisotopic (exact) mass is 305 g/mol. The van der Waals surface area contributed by atoms with Gasteiger partial charge >= 0.3 is 5.97 Å². The van der Waals surface area contributed by atoms with E-state index in [0.29, 0.717) is 19.3 Å². The molecular weight excluding hydrogens is 290 g/mol. The molecule has 6 heteroatoms. The second-order valence-corrected chi connectivity index (χ2v) is 6.37. The molecule has 2 heterocycles. The number of imide groups is 1. The Labute approximate surface area is 125 Å². The zero-order chi connectivity index (χ0) is 15.1. The van der Waals surface area contributed by atoms with Crippen LogP contribution in [-0.4, -0.2) is 22.9 Å². The predicted octanol–water partition coefficient (Wildman–Crippen LogP) is 2.46. The van der Waals surface area contributed by atoms with Crippen LogP contribution in [0.25, 0.3) is 0 Å². The fraction of sp³-hybridized carbons (Fsp3) is 0.400. The summed E-state index contributed by atoms with van der Waals surface area (Å²) in [5.41, 5.74) is 0.0464. The quantitative estimate of drug-likeness (QED) is 0.687. The number of aryl methyl sites for hydroxylation is 1. The Morgan fingerprint density at radius 3 is 2.33 bits per heavy atom. The minimum atomic E-state index is -1.10. The van der Waals surface area contributed by atoms with Crippen LogP contribution in [0.3, 0.4) is 0 Å². The minimum Gasteiger partial charge on any atom is -0.478 e. The Balaban J connectivity index is 2.05. The van der Waals surface area contributed by atoms with Gasteiger partial charge < -0.3 is 5.11 Å². The number of amides is 2. The first kappa shape index (κ1) is 14.0. The number of hydrogen-bond acceptors (Lipinski definition) is 4. The average molecular weight is 305 g/mol. The average Bonchev–Trinajstić information content (AvgIpc) is 3.00. The van der Waals surface area contributed by atoms with E-state index in [4.69, 9.17) is 0 Å². The van der Waals surface area contributed by atoms with Gasteiger partial charge in [-0.05, 0) is 25.3 Å². The van der Waals surface area contributed by atoms with E-state index >= 15 is 0 Å². The Morgan fingerprint density at radius 2 is 1.86 bits per heavy atom. The van der Waals surface area contributed by atoms with E-state index in [-0.39, 0.29) is 34.2 Å². The number of hydrogen-bond donors (Lipinski definition) is 1. The second-order valence-electron chi connectivity index (χ2n) is 5.26. The number of carboxylic acid groups (broad SMARTS) is 1. The Kier molecular flexibility index (Phi) is 3.41. The number of aromatic carboxylic acids is 1. The molecule has 0 unspecified atom stereocenters. The summed E-state index contributed by atoms with van der Waals surface area (Å²) in [6, 6.07) is 1.56. The van der Waals surface area contributed by atoms with Crippen LogP contribution in [0.15, 0.2) is 18.2 Å². The van der Waals surface area contributed by atoms with E-state index in [0.717, 1.165) is 9.78 Å². The van der Waals surface area contributed by atoms with Gasteiger partial charge in [0.15, 0.2) is 0 Å². The van der Waals surface area contributed by atoms with Crippen LogP contribution in [0.2, 0.25) is 0 Å². The number of fused-ring (bicyclic) bond motifs is 1. The van der Waals surface area contributed by atoms with E-state index in [9.17, 15) is 19.5 Å². The third-order valence-electron chi connectivity index (χ3n) is 4.05. The van der Waals surface area contributed by atoms with E-state index in [1.54, 1.807) is 6.07 Å². The van der Waals surface area contributed by atoms with Gasteiger partial charge in [-0.15, -0.1) is 11.3 Å². The van der Waals surface area contributed by atoms with Crippen molar-refractivity contribution in [3.05, 3.63) is 28.7 Å². The van der Waals surface area contributed by atoms with Gasteiger partial charge in [-0.2, -0.15) is 0 Å². The molecule has 2 aliphatic rings. The van der Waals surface area contributed by atoms with Crippen molar-refractivity contribution >= 4 is 34.1 Å². The minimum absolute atomic E-state index is 0.0464. The SMILES string of the molecule is CCc1cc(C(=O)O)c(N2C(=O)[C@H]3CC=CC[C@H]3C2=O)s1. The number of carboxylic acids is 1. The highest BCUT2D eigenvalue weighted by Crippen LogP contribution is 2.42. The maximum absolute atomic E-state index is 12.5. The lowest BCUT2D eigenvalue weighted by molar-refractivity contribution is -0.122. The van der Waals surface area contributed by atoms with Gasteiger partial charge in [-0.1, -0.05) is 19.1 Å². The van der Waals surface area contributed by atoms with Crippen molar-refractivity contribution in [1.29, 1.82) is 0 Å². The maximum Gasteiger partial charge on any atom is 0.338 e. The Morgan fingerprint density at radius 1 is 1.29 bits per heavy atom. The summed E-state index contributed by atoms with van der Waals surface area (Å²) in [6.45, 7) is 1.92. The summed E-state index contributed by atoms with van der Waals surface area (Å²) >= 11 is 1.22. The number of carbonyl (C=O) groups is 3. The first-order chi connectivity index (χ1) is 10.0. The summed E-state index contributed by atoms with van der Waals surface area (Å²) in [7, 11) is 0. The molecule has 21 heavy (non-hydrogen) atoms. The molecule has 0 spiro atoms. The number of carbonyl (C=O) groups excluding carboxylic acids is 2. The van der Waals surface area contributed by atoms with Gasteiger partial charge in [0.25, 0.3) is 0 Å². The lowest BCUT2D eigenvalue weighted by atomic mass is 9.85. The molecule has 1 aliphatic carbocycles. The highest BCUT2D eigenvalue weighted by molar-refractivity contribution is 7.17. The molecule has 1 aromatic heterocycles. The molecule has 1 aliphatic heterocycles. The molecule has 1 N–H and O–H groups in total. The Bertz CT molecular complexity index is 635. The number of rotatable bonds is 3. The first-order valence-electron chi connectivity index (χ1n) is 6.93. The van der Waals surface area contributed by atoms with Crippen LogP contribution in [0.4, 0.5) is 5.00 Å². The van der Waals surface area contributed by atoms with Crippen molar-refractivity contribution in [3.8, 4) is 0 Å². The van der Waals surface area contributed by atoms with E-state index in [2.05, 4.69) is 0 Å². The number of nitrogens with zero attached hydrogens (tertiary/aromatic N) is 1. The van der Waals surface area contributed by atoms with Gasteiger partial charge in [0, 0.05) is 4.88 Å². The molecule has 0 bridgehead atoms. The highest BCUT2D eigenvalue weighted by Gasteiger charge is 2.49. The maximum atomic E-state index is 12.5. The topological polar surface area (TPSA) is 74.7 Å². The molecule has 5 nitrogen and oxygen atoms in total. The molecule has 0 saturated carbocycles. The highest BCUT2D eigenvalue weighted by atomic mass is 32.1. The van der Waals surface area contributed by atoms with Gasteiger partial charge in [-0.25, -0.2) is 9.69 Å². The van der Waals surface area contributed by atoms with Crippen LogP contribution in [0.1, 0.15) is 35.0 Å². The zero-order valence-electron chi connectivity index (χ0n) is 11.5. The van der Waals surface area contributed by atoms with Crippen molar-refractivity contribution < 1.29 is 19.5 Å². The summed E-state index contributed by atoms with van der Waals surface area (Å²) in [4.78, 5) is 38.4. The summed E-state index contributed by atoms with van der Waals surface area (Å²) in [6.07, 6.45) is 5.62. The normalized spacial score (nSPS) is 24.5. The van der Waals surface area contributed by atoms with E-state index in [1.165, 1.54) is 11.3 Å². The van der Waals surface area contributed by atoms with Crippen LogP contribution >= 0.6 is 11.3 Å². The lowest BCUT2D eigenvalue weighted by Gasteiger charge is -2.14. The largest absolute Gasteiger partial charge is 0.478 e. The van der Waals surface area contributed by atoms with Gasteiger partial charge in [0.2, 0.25) is 11.8 Å². The molecule has 3 rings (SSSR count). The second kappa shape index (κ2) is 5.11. The van der Waals surface area contributed by atoms with Crippen molar-refractivity contribution in [2.24, 2.45) is 11.8 Å². The summed E-state index contributed by atoms with van der Waals surface area (Å²) in [5.74, 6) is -2.30. The summed E-state index contributed by atoms with van der Waals surface area (Å²) < 4.78 is 0. The smallest absolute Gasteiger partial charge is 0.338 e. The molecule has 110 valence electrons. The lowest BCUT2D eigenvalue weighted by Crippen LogP contribution is -2.31. The van der Waals surface area contributed by atoms with Crippen LogP contribution < -0.4 is 4.90 Å².